The molecule has 0 aliphatic carbocycles. The Morgan fingerprint density at radius 2 is 2.00 bits per heavy atom. The van der Waals surface area contributed by atoms with E-state index in [9.17, 15) is 4.79 Å². The van der Waals surface area contributed by atoms with Crippen LogP contribution in [0.4, 0.5) is 0 Å². The van der Waals surface area contributed by atoms with Crippen molar-refractivity contribution in [3.8, 4) is 5.75 Å². The van der Waals surface area contributed by atoms with Gasteiger partial charge >= 0.3 is 5.97 Å². The van der Waals surface area contributed by atoms with E-state index in [0.717, 1.165) is 5.71 Å². The van der Waals surface area contributed by atoms with Crippen molar-refractivity contribution in [3.63, 3.8) is 0 Å². The van der Waals surface area contributed by atoms with Gasteiger partial charge in [-0.05, 0) is 26.0 Å². The topological polar surface area (TPSA) is 82.4 Å². The molecular formula is C12H15N3O4. The molecule has 0 N–H and O–H groups in total. The highest BCUT2D eigenvalue weighted by molar-refractivity contribution is 6.43. The number of methoxy groups -OCH3 is 1. The average Bonchev–Trinajstić information content (AvgIpc) is 2.42. The van der Waals surface area contributed by atoms with Crippen LogP contribution in [0.2, 0.25) is 0 Å². The highest BCUT2D eigenvalue weighted by atomic mass is 16.6. The maximum Gasteiger partial charge on any atom is 0.362 e. The zero-order chi connectivity index (χ0) is 14.3. The minimum absolute atomic E-state index is 0.0930. The molecular weight excluding hydrogens is 250 g/mol. The Morgan fingerprint density at radius 3 is 2.58 bits per heavy atom. The smallest absolute Gasteiger partial charge is 0.362 e. The lowest BCUT2D eigenvalue weighted by Gasteiger charge is -2.07. The van der Waals surface area contributed by atoms with Crippen LogP contribution in [-0.4, -0.2) is 36.6 Å². The molecule has 0 aliphatic heterocycles. The van der Waals surface area contributed by atoms with Gasteiger partial charge in [0.05, 0.1) is 12.8 Å². The van der Waals surface area contributed by atoms with Crippen molar-refractivity contribution in [2.45, 2.75) is 13.8 Å². The SMILES string of the molecule is CO/N=C(\C(=O)OC)c1ncccc1ON=C(C)C. The van der Waals surface area contributed by atoms with Crippen LogP contribution in [-0.2, 0) is 14.4 Å². The number of oxime groups is 2. The Labute approximate surface area is 110 Å². The molecule has 0 bridgehead atoms. The number of pyridine rings is 1. The zero-order valence-corrected chi connectivity index (χ0v) is 11.2. The number of esters is 1. The molecule has 1 aromatic rings. The van der Waals surface area contributed by atoms with E-state index in [-0.39, 0.29) is 17.2 Å². The second kappa shape index (κ2) is 7.10. The maximum atomic E-state index is 11.6. The largest absolute Gasteiger partial charge is 0.464 e. The molecule has 0 atom stereocenters. The van der Waals surface area contributed by atoms with Crippen LogP contribution in [0, 0.1) is 0 Å². The first kappa shape index (κ1) is 14.6. The predicted octanol–water partition coefficient (Wildman–Crippen LogP) is 1.38. The summed E-state index contributed by atoms with van der Waals surface area (Å²) in [6, 6.07) is 3.27. The zero-order valence-electron chi connectivity index (χ0n) is 11.2. The summed E-state index contributed by atoms with van der Waals surface area (Å²) in [5, 5.41) is 7.42. The van der Waals surface area contributed by atoms with Crippen molar-refractivity contribution in [2.75, 3.05) is 14.2 Å². The molecule has 7 heteroatoms. The van der Waals surface area contributed by atoms with Gasteiger partial charge in [0, 0.05) is 6.20 Å². The van der Waals surface area contributed by atoms with Crippen LogP contribution in [0.25, 0.3) is 0 Å². The van der Waals surface area contributed by atoms with E-state index in [1.165, 1.54) is 20.4 Å². The van der Waals surface area contributed by atoms with Gasteiger partial charge in [0.15, 0.2) is 5.75 Å². The van der Waals surface area contributed by atoms with Crippen molar-refractivity contribution >= 4 is 17.4 Å². The van der Waals surface area contributed by atoms with Crippen molar-refractivity contribution in [1.82, 2.24) is 4.98 Å². The molecule has 1 aromatic heterocycles. The third kappa shape index (κ3) is 4.06. The molecule has 1 heterocycles. The lowest BCUT2D eigenvalue weighted by atomic mass is 10.2. The lowest BCUT2D eigenvalue weighted by molar-refractivity contribution is -0.132. The summed E-state index contributed by atoms with van der Waals surface area (Å²) in [6.07, 6.45) is 1.50. The van der Waals surface area contributed by atoms with E-state index < -0.39 is 5.97 Å². The molecule has 0 saturated heterocycles. The normalized spacial score (nSPS) is 10.6. The summed E-state index contributed by atoms with van der Waals surface area (Å²) >= 11 is 0. The van der Waals surface area contributed by atoms with Crippen molar-refractivity contribution < 1.29 is 19.2 Å². The van der Waals surface area contributed by atoms with Crippen LogP contribution >= 0.6 is 0 Å². The number of hydrogen-bond donors (Lipinski definition) is 0. The van der Waals surface area contributed by atoms with Crippen molar-refractivity contribution in [2.24, 2.45) is 10.3 Å². The number of ether oxygens (including phenoxy) is 1. The number of aromatic nitrogens is 1. The molecule has 0 fully saturated rings. The minimum atomic E-state index is -0.678. The third-order valence-corrected chi connectivity index (χ3v) is 1.88. The van der Waals surface area contributed by atoms with E-state index in [1.54, 1.807) is 26.0 Å². The van der Waals surface area contributed by atoms with E-state index in [0.29, 0.717) is 0 Å². The molecule has 0 aliphatic rings. The molecule has 102 valence electrons. The Bertz CT molecular complexity index is 507. The van der Waals surface area contributed by atoms with Gasteiger partial charge in [0.2, 0.25) is 5.71 Å². The van der Waals surface area contributed by atoms with Crippen molar-refractivity contribution in [1.29, 1.82) is 0 Å². The Morgan fingerprint density at radius 1 is 1.26 bits per heavy atom. The molecule has 0 spiro atoms. The van der Waals surface area contributed by atoms with Gasteiger partial charge in [-0.1, -0.05) is 10.3 Å². The second-order valence-electron chi connectivity index (χ2n) is 3.59. The first-order valence-corrected chi connectivity index (χ1v) is 5.43. The third-order valence-electron chi connectivity index (χ3n) is 1.88. The molecule has 19 heavy (non-hydrogen) atoms. The fourth-order valence-corrected chi connectivity index (χ4v) is 1.15. The van der Waals surface area contributed by atoms with Crippen LogP contribution < -0.4 is 4.84 Å². The van der Waals surface area contributed by atoms with Crippen LogP contribution in [0.15, 0.2) is 28.6 Å². The predicted molar refractivity (Wildman–Crippen MR) is 69.2 cm³/mol. The van der Waals surface area contributed by atoms with Gasteiger partial charge in [-0.15, -0.1) is 0 Å². The van der Waals surface area contributed by atoms with E-state index in [2.05, 4.69) is 24.9 Å². The average molecular weight is 265 g/mol. The Balaban J connectivity index is 3.20. The van der Waals surface area contributed by atoms with Crippen LogP contribution in [0.3, 0.4) is 0 Å². The maximum absolute atomic E-state index is 11.6. The first-order valence-electron chi connectivity index (χ1n) is 5.43. The van der Waals surface area contributed by atoms with Gasteiger partial charge in [-0.25, -0.2) is 4.79 Å². The summed E-state index contributed by atoms with van der Waals surface area (Å²) in [6.45, 7) is 3.56. The van der Waals surface area contributed by atoms with Crippen molar-refractivity contribution in [3.05, 3.63) is 24.0 Å². The van der Waals surface area contributed by atoms with Gasteiger partial charge in [0.25, 0.3) is 0 Å². The number of nitrogens with zero attached hydrogens (tertiary/aromatic N) is 3. The highest BCUT2D eigenvalue weighted by Crippen LogP contribution is 2.17. The summed E-state index contributed by atoms with van der Waals surface area (Å²) in [7, 11) is 2.56. The molecule has 0 unspecified atom stereocenters. The molecule has 0 amide bonds. The quantitative estimate of drug-likeness (QED) is 0.456. The lowest BCUT2D eigenvalue weighted by Crippen LogP contribution is -2.19. The minimum Gasteiger partial charge on any atom is -0.464 e. The number of rotatable bonds is 5. The second-order valence-corrected chi connectivity index (χ2v) is 3.59. The van der Waals surface area contributed by atoms with Crippen LogP contribution in [0.5, 0.6) is 5.75 Å². The van der Waals surface area contributed by atoms with E-state index >= 15 is 0 Å². The standard InChI is InChI=1S/C12H15N3O4/c1-8(2)14-19-9-6-5-7-13-10(9)11(15-18-4)12(16)17-3/h5-7H,1-4H3/b15-11-. The summed E-state index contributed by atoms with van der Waals surface area (Å²) in [4.78, 5) is 25.5. The first-order chi connectivity index (χ1) is 9.10. The summed E-state index contributed by atoms with van der Waals surface area (Å²) < 4.78 is 4.62. The van der Waals surface area contributed by atoms with E-state index in [4.69, 9.17) is 4.84 Å². The number of hydrogen-bond acceptors (Lipinski definition) is 7. The number of carbonyl (C=O) groups excluding carboxylic acids is 1. The molecule has 0 saturated carbocycles. The highest BCUT2D eigenvalue weighted by Gasteiger charge is 2.22. The van der Waals surface area contributed by atoms with Gasteiger partial charge < -0.3 is 14.4 Å². The van der Waals surface area contributed by atoms with Gasteiger partial charge in [-0.3, -0.25) is 4.98 Å². The Kier molecular flexibility index (Phi) is 5.46. The van der Waals surface area contributed by atoms with Gasteiger partial charge in [-0.2, -0.15) is 0 Å². The molecule has 0 aromatic carbocycles. The van der Waals surface area contributed by atoms with Gasteiger partial charge in [0.1, 0.15) is 12.8 Å². The monoisotopic (exact) mass is 265 g/mol. The summed E-state index contributed by atoms with van der Waals surface area (Å²) in [5.74, 6) is -0.396. The Hall–Kier alpha value is -2.44. The number of carbonyl (C=O) groups is 1. The van der Waals surface area contributed by atoms with E-state index in [1.807, 2.05) is 0 Å². The molecule has 7 nitrogen and oxygen atoms in total. The fourth-order valence-electron chi connectivity index (χ4n) is 1.15. The van der Waals surface area contributed by atoms with Crippen LogP contribution in [0.1, 0.15) is 19.5 Å². The molecule has 1 rings (SSSR count). The molecule has 0 radical (unpaired) electrons. The summed E-state index contributed by atoms with van der Waals surface area (Å²) in [5.41, 5.74) is 0.823. The fraction of sp³-hybridized carbons (Fsp3) is 0.333.